The van der Waals surface area contributed by atoms with Gasteiger partial charge in [0.1, 0.15) is 0 Å². The maximum atomic E-state index is 10.4. The maximum absolute atomic E-state index is 10.4. The average molecular weight is 180 g/mol. The minimum absolute atomic E-state index is 0.264. The van der Waals surface area contributed by atoms with Gasteiger partial charge in [0.15, 0.2) is 0 Å². The molecule has 74 valence electrons. The zero-order valence-electron chi connectivity index (χ0n) is 8.93. The topological polar surface area (TPSA) is 20.2 Å². The lowest BCUT2D eigenvalue weighted by molar-refractivity contribution is -0.340. The van der Waals surface area contributed by atoms with Crippen LogP contribution in [0.5, 0.6) is 0 Å². The third-order valence-electron chi connectivity index (χ3n) is 4.97. The third-order valence-corrected chi connectivity index (χ3v) is 4.97. The van der Waals surface area contributed by atoms with Gasteiger partial charge in [0.25, 0.3) is 0 Å². The molecule has 3 rings (SSSR count). The molecule has 0 aromatic carbocycles. The molecule has 1 heteroatoms. The Morgan fingerprint density at radius 3 is 2.31 bits per heavy atom. The van der Waals surface area contributed by atoms with Crippen molar-refractivity contribution in [3.05, 3.63) is 0 Å². The van der Waals surface area contributed by atoms with Gasteiger partial charge >= 0.3 is 0 Å². The summed E-state index contributed by atoms with van der Waals surface area (Å²) in [5, 5.41) is 10.4. The summed E-state index contributed by atoms with van der Waals surface area (Å²) in [6.07, 6.45) is 4.83. The largest absolute Gasteiger partial charge is 0.390 e. The number of hydrogen-bond donors (Lipinski definition) is 1. The van der Waals surface area contributed by atoms with Gasteiger partial charge in [-0.15, -0.1) is 0 Å². The summed E-state index contributed by atoms with van der Waals surface area (Å²) in [7, 11) is 0. The molecule has 0 heterocycles. The van der Waals surface area contributed by atoms with Crippen molar-refractivity contribution in [3.63, 3.8) is 0 Å². The van der Waals surface area contributed by atoms with E-state index in [1.807, 2.05) is 0 Å². The Balaban J connectivity index is 1.96. The van der Waals surface area contributed by atoms with Crippen molar-refractivity contribution in [1.29, 1.82) is 0 Å². The van der Waals surface area contributed by atoms with Gasteiger partial charge in [0.05, 0.1) is 5.60 Å². The molecule has 0 radical (unpaired) electrons. The van der Waals surface area contributed by atoms with Crippen molar-refractivity contribution in [3.8, 4) is 0 Å². The first-order valence-electron chi connectivity index (χ1n) is 5.60. The van der Waals surface area contributed by atoms with Crippen molar-refractivity contribution >= 4 is 0 Å². The van der Waals surface area contributed by atoms with E-state index in [9.17, 15) is 5.11 Å². The van der Waals surface area contributed by atoms with Crippen LogP contribution in [-0.2, 0) is 0 Å². The first-order valence-corrected chi connectivity index (χ1v) is 5.60. The second kappa shape index (κ2) is 1.84. The van der Waals surface area contributed by atoms with Crippen LogP contribution in [0.1, 0.15) is 46.5 Å². The second-order valence-electron chi connectivity index (χ2n) is 6.71. The van der Waals surface area contributed by atoms with Crippen LogP contribution < -0.4 is 0 Å². The molecule has 0 aromatic heterocycles. The monoisotopic (exact) mass is 180 g/mol. The van der Waals surface area contributed by atoms with Gasteiger partial charge in [0.2, 0.25) is 0 Å². The molecular weight excluding hydrogens is 160 g/mol. The highest BCUT2D eigenvalue weighted by Gasteiger charge is 2.75. The minimum Gasteiger partial charge on any atom is -0.390 e. The standard InChI is InChI=1S/C12H20O/c1-8-4-10(2)6-11(3)7-12(13,5-8)9(10)11/h8-9,13H,4-7H2,1-3H3. The highest BCUT2D eigenvalue weighted by molar-refractivity contribution is 5.25. The second-order valence-corrected chi connectivity index (χ2v) is 6.71. The van der Waals surface area contributed by atoms with Crippen LogP contribution in [0.2, 0.25) is 0 Å². The molecule has 1 nitrogen and oxygen atoms in total. The van der Waals surface area contributed by atoms with Crippen molar-refractivity contribution in [1.82, 2.24) is 0 Å². The van der Waals surface area contributed by atoms with Crippen LogP contribution in [0.4, 0.5) is 0 Å². The van der Waals surface area contributed by atoms with E-state index in [4.69, 9.17) is 0 Å². The van der Waals surface area contributed by atoms with Gasteiger partial charge in [-0.3, -0.25) is 0 Å². The van der Waals surface area contributed by atoms with Crippen LogP contribution in [0.15, 0.2) is 0 Å². The van der Waals surface area contributed by atoms with Crippen LogP contribution in [0, 0.1) is 22.7 Å². The quantitative estimate of drug-likeness (QED) is 0.607. The van der Waals surface area contributed by atoms with Crippen LogP contribution >= 0.6 is 0 Å². The Morgan fingerprint density at radius 2 is 1.77 bits per heavy atom. The lowest BCUT2D eigenvalue weighted by Crippen LogP contribution is -2.76. The summed E-state index contributed by atoms with van der Waals surface area (Å²) in [4.78, 5) is 0. The molecule has 0 spiro atoms. The fourth-order valence-electron chi connectivity index (χ4n) is 5.82. The first kappa shape index (κ1) is 8.28. The van der Waals surface area contributed by atoms with E-state index < -0.39 is 0 Å². The zero-order chi connectivity index (χ0) is 9.48. The molecule has 5 atom stereocenters. The summed E-state index contributed by atoms with van der Waals surface area (Å²) < 4.78 is 0. The number of aliphatic hydroxyl groups is 1. The van der Waals surface area contributed by atoms with Crippen molar-refractivity contribution < 1.29 is 5.11 Å². The predicted molar refractivity (Wildman–Crippen MR) is 52.3 cm³/mol. The van der Waals surface area contributed by atoms with Gasteiger partial charge in [-0.1, -0.05) is 20.8 Å². The van der Waals surface area contributed by atoms with Crippen LogP contribution in [0.3, 0.4) is 0 Å². The fraction of sp³-hybridized carbons (Fsp3) is 1.00. The molecule has 3 fully saturated rings. The molecule has 5 unspecified atom stereocenters. The molecule has 1 N–H and O–H groups in total. The van der Waals surface area contributed by atoms with E-state index >= 15 is 0 Å². The Bertz CT molecular complexity index is 242. The normalized spacial score (nSPS) is 69.2. The Morgan fingerprint density at radius 1 is 1.08 bits per heavy atom. The summed E-state index contributed by atoms with van der Waals surface area (Å²) in [6, 6.07) is 0. The van der Waals surface area contributed by atoms with Crippen LogP contribution in [-0.4, -0.2) is 10.7 Å². The molecule has 3 aliphatic carbocycles. The first-order chi connectivity index (χ1) is 5.88. The van der Waals surface area contributed by atoms with E-state index in [0.717, 1.165) is 18.8 Å². The maximum Gasteiger partial charge on any atom is 0.0694 e. The zero-order valence-corrected chi connectivity index (χ0v) is 8.93. The predicted octanol–water partition coefficient (Wildman–Crippen LogP) is 2.58. The van der Waals surface area contributed by atoms with E-state index in [-0.39, 0.29) is 5.60 Å². The number of rotatable bonds is 0. The summed E-state index contributed by atoms with van der Waals surface area (Å²) in [5.41, 5.74) is 0.739. The molecule has 0 aliphatic heterocycles. The molecule has 13 heavy (non-hydrogen) atoms. The van der Waals surface area contributed by atoms with E-state index in [1.165, 1.54) is 12.8 Å². The van der Waals surface area contributed by atoms with Gasteiger partial charge in [-0.05, 0) is 48.3 Å². The fourth-order valence-corrected chi connectivity index (χ4v) is 5.82. The van der Waals surface area contributed by atoms with Crippen molar-refractivity contribution in [2.75, 3.05) is 0 Å². The molecule has 0 amide bonds. The Labute approximate surface area is 80.5 Å². The Kier molecular flexibility index (Phi) is 1.17. The lowest BCUT2D eigenvalue weighted by atomic mass is 9.28. The lowest BCUT2D eigenvalue weighted by Gasteiger charge is -2.78. The molecule has 0 aromatic rings. The van der Waals surface area contributed by atoms with Gasteiger partial charge in [-0.25, -0.2) is 0 Å². The highest BCUT2D eigenvalue weighted by Crippen LogP contribution is 2.78. The molecule has 3 aliphatic rings. The molecule has 0 saturated heterocycles. The van der Waals surface area contributed by atoms with Gasteiger partial charge in [0, 0.05) is 0 Å². The van der Waals surface area contributed by atoms with Gasteiger partial charge < -0.3 is 5.11 Å². The van der Waals surface area contributed by atoms with E-state index in [0.29, 0.717) is 16.7 Å². The third kappa shape index (κ3) is 0.743. The van der Waals surface area contributed by atoms with Crippen molar-refractivity contribution in [2.24, 2.45) is 22.7 Å². The SMILES string of the molecule is CC1CC2(C)CC3(C)CC(O)(C1)C23. The summed E-state index contributed by atoms with van der Waals surface area (Å²) in [6.45, 7) is 7.05. The van der Waals surface area contributed by atoms with Gasteiger partial charge in [-0.2, -0.15) is 0 Å². The van der Waals surface area contributed by atoms with E-state index in [2.05, 4.69) is 20.8 Å². The summed E-state index contributed by atoms with van der Waals surface area (Å²) >= 11 is 0. The van der Waals surface area contributed by atoms with Crippen LogP contribution in [0.25, 0.3) is 0 Å². The summed E-state index contributed by atoms with van der Waals surface area (Å²) in [5.74, 6) is 1.36. The Hall–Kier alpha value is -0.0400. The molecule has 3 saturated carbocycles. The van der Waals surface area contributed by atoms with Crippen molar-refractivity contribution in [2.45, 2.75) is 52.1 Å². The smallest absolute Gasteiger partial charge is 0.0694 e. The molecule has 0 bridgehead atoms. The van der Waals surface area contributed by atoms with E-state index in [1.54, 1.807) is 0 Å². The highest BCUT2D eigenvalue weighted by atomic mass is 16.3. The average Bonchev–Trinajstić information content (AvgIpc) is 1.76. The number of hydrogen-bond acceptors (Lipinski definition) is 1. The molecular formula is C12H20O. The minimum atomic E-state index is -0.264.